The lowest BCUT2D eigenvalue weighted by atomic mass is 10.1. The number of halogens is 3. The van der Waals surface area contributed by atoms with Crippen LogP contribution in [0, 0.1) is 0 Å². The van der Waals surface area contributed by atoms with Gasteiger partial charge in [0.05, 0.1) is 16.8 Å². The molecule has 4 nitrogen and oxygen atoms in total. The summed E-state index contributed by atoms with van der Waals surface area (Å²) < 4.78 is 44.1. The Morgan fingerprint density at radius 3 is 2.65 bits per heavy atom. The summed E-state index contributed by atoms with van der Waals surface area (Å²) in [5, 5.41) is 3.31. The maximum atomic E-state index is 12.8. The third-order valence-electron chi connectivity index (χ3n) is 3.53. The fourth-order valence-corrected chi connectivity index (χ4v) is 2.37. The van der Waals surface area contributed by atoms with Gasteiger partial charge >= 0.3 is 6.18 Å². The van der Waals surface area contributed by atoms with E-state index in [0.29, 0.717) is 16.6 Å². The van der Waals surface area contributed by atoms with Gasteiger partial charge in [-0.05, 0) is 36.4 Å². The predicted molar refractivity (Wildman–Crippen MR) is 92.1 cm³/mol. The summed E-state index contributed by atoms with van der Waals surface area (Å²) >= 11 is 0. The Kier molecular flexibility index (Phi) is 4.62. The van der Waals surface area contributed by atoms with E-state index in [0.717, 1.165) is 18.2 Å². The molecule has 26 heavy (non-hydrogen) atoms. The number of amides is 1. The van der Waals surface area contributed by atoms with E-state index < -0.39 is 17.6 Å². The maximum absolute atomic E-state index is 12.8. The Morgan fingerprint density at radius 1 is 1.12 bits per heavy atom. The smallest absolute Gasteiger partial charge is 0.416 e. The van der Waals surface area contributed by atoms with Gasteiger partial charge in [0.15, 0.2) is 0 Å². The third kappa shape index (κ3) is 3.83. The number of nitrogens with one attached hydrogen (secondary N) is 1. The minimum absolute atomic E-state index is 0.0242. The lowest BCUT2D eigenvalue weighted by Gasteiger charge is -2.13. The number of nitrogens with zero attached hydrogens (tertiary/aromatic N) is 1. The minimum atomic E-state index is -4.46. The van der Waals surface area contributed by atoms with Gasteiger partial charge in [-0.3, -0.25) is 9.78 Å². The third-order valence-corrected chi connectivity index (χ3v) is 3.53. The van der Waals surface area contributed by atoms with E-state index in [1.54, 1.807) is 24.4 Å². The molecule has 0 aliphatic rings. The van der Waals surface area contributed by atoms with Crippen molar-refractivity contribution in [1.29, 1.82) is 0 Å². The van der Waals surface area contributed by atoms with Crippen molar-refractivity contribution in [2.75, 3.05) is 5.32 Å². The molecule has 0 fully saturated rings. The molecule has 3 aromatic rings. The summed E-state index contributed by atoms with van der Waals surface area (Å²) in [6, 6.07) is 11.1. The fraction of sp³-hybridized carbons (Fsp3) is 0.0526. The first-order chi connectivity index (χ1) is 12.4. The standard InChI is InChI=1S/C19H13F3N2O2/c1-2-18(25)24-17-11-14(10-16-15(17)7-4-8-23-16)26-13-6-3-5-12(9-13)19(20,21)22/h2-11H,1H2,(H,24,25). The van der Waals surface area contributed by atoms with Crippen LogP contribution < -0.4 is 10.1 Å². The first-order valence-corrected chi connectivity index (χ1v) is 7.54. The molecule has 7 heteroatoms. The van der Waals surface area contributed by atoms with Gasteiger partial charge in [0.2, 0.25) is 5.91 Å². The van der Waals surface area contributed by atoms with Gasteiger partial charge in [-0.25, -0.2) is 0 Å². The molecule has 1 heterocycles. The van der Waals surface area contributed by atoms with Crippen LogP contribution in [0.15, 0.2) is 67.4 Å². The van der Waals surface area contributed by atoms with Gasteiger partial charge in [-0.1, -0.05) is 12.6 Å². The molecule has 0 aliphatic heterocycles. The van der Waals surface area contributed by atoms with Gasteiger partial charge in [0.25, 0.3) is 0 Å². The molecule has 132 valence electrons. The van der Waals surface area contributed by atoms with Gasteiger partial charge in [0, 0.05) is 23.7 Å². The molecule has 0 unspecified atom stereocenters. The van der Waals surface area contributed by atoms with Crippen LogP contribution in [-0.2, 0) is 11.0 Å². The van der Waals surface area contributed by atoms with E-state index in [1.807, 2.05) is 0 Å². The van der Waals surface area contributed by atoms with Gasteiger partial charge in [-0.2, -0.15) is 13.2 Å². The normalized spacial score (nSPS) is 11.2. The zero-order valence-electron chi connectivity index (χ0n) is 13.4. The van der Waals surface area contributed by atoms with Crippen molar-refractivity contribution in [2.24, 2.45) is 0 Å². The summed E-state index contributed by atoms with van der Waals surface area (Å²) in [5.41, 5.74) is 0.132. The molecule has 1 amide bonds. The number of alkyl halides is 3. The molecular formula is C19H13F3N2O2. The molecule has 0 spiro atoms. The fourth-order valence-electron chi connectivity index (χ4n) is 2.37. The molecule has 1 N–H and O–H groups in total. The van der Waals surface area contributed by atoms with Gasteiger partial charge < -0.3 is 10.1 Å². The summed E-state index contributed by atoms with van der Waals surface area (Å²) in [6.07, 6.45) is -1.79. The molecule has 3 rings (SSSR count). The molecule has 0 saturated carbocycles. The first-order valence-electron chi connectivity index (χ1n) is 7.54. The number of fused-ring (bicyclic) bond motifs is 1. The Balaban J connectivity index is 2.00. The Hall–Kier alpha value is -3.35. The number of hydrogen-bond acceptors (Lipinski definition) is 3. The molecular weight excluding hydrogens is 345 g/mol. The second kappa shape index (κ2) is 6.87. The van der Waals surface area contributed by atoms with E-state index in [9.17, 15) is 18.0 Å². The average Bonchev–Trinajstić information content (AvgIpc) is 2.61. The van der Waals surface area contributed by atoms with E-state index >= 15 is 0 Å². The second-order valence-electron chi connectivity index (χ2n) is 5.36. The highest BCUT2D eigenvalue weighted by Crippen LogP contribution is 2.34. The van der Waals surface area contributed by atoms with Crippen LogP contribution in [0.5, 0.6) is 11.5 Å². The van der Waals surface area contributed by atoms with E-state index in [-0.39, 0.29) is 11.5 Å². The van der Waals surface area contributed by atoms with Crippen molar-refractivity contribution in [3.8, 4) is 11.5 Å². The van der Waals surface area contributed by atoms with Crippen LogP contribution in [-0.4, -0.2) is 10.9 Å². The number of carbonyl (C=O) groups is 1. The molecule has 0 saturated heterocycles. The number of ether oxygens (including phenoxy) is 1. The monoisotopic (exact) mass is 358 g/mol. The van der Waals surface area contributed by atoms with Crippen LogP contribution in [0.1, 0.15) is 5.56 Å². The van der Waals surface area contributed by atoms with Crippen LogP contribution >= 0.6 is 0 Å². The van der Waals surface area contributed by atoms with Crippen molar-refractivity contribution in [2.45, 2.75) is 6.18 Å². The van der Waals surface area contributed by atoms with Crippen molar-refractivity contribution in [3.05, 3.63) is 72.9 Å². The molecule has 0 bridgehead atoms. The number of benzene rings is 2. The predicted octanol–water partition coefficient (Wildman–Crippen LogP) is 5.17. The summed E-state index contributed by atoms with van der Waals surface area (Å²) in [7, 11) is 0. The van der Waals surface area contributed by atoms with Crippen molar-refractivity contribution in [3.63, 3.8) is 0 Å². The molecule has 0 radical (unpaired) electrons. The number of anilines is 1. The SMILES string of the molecule is C=CC(=O)Nc1cc(Oc2cccc(C(F)(F)F)c2)cc2ncccc12. The lowest BCUT2D eigenvalue weighted by molar-refractivity contribution is -0.137. The minimum Gasteiger partial charge on any atom is -0.457 e. The topological polar surface area (TPSA) is 51.2 Å². The highest BCUT2D eigenvalue weighted by molar-refractivity contribution is 6.05. The van der Waals surface area contributed by atoms with Crippen LogP contribution in [0.2, 0.25) is 0 Å². The number of pyridine rings is 1. The van der Waals surface area contributed by atoms with E-state index in [2.05, 4.69) is 16.9 Å². The number of hydrogen-bond donors (Lipinski definition) is 1. The largest absolute Gasteiger partial charge is 0.457 e. The zero-order chi connectivity index (χ0) is 18.7. The summed E-state index contributed by atoms with van der Waals surface area (Å²) in [6.45, 7) is 3.39. The van der Waals surface area contributed by atoms with Crippen LogP contribution in [0.4, 0.5) is 18.9 Å². The van der Waals surface area contributed by atoms with Crippen molar-refractivity contribution < 1.29 is 22.7 Å². The quantitative estimate of drug-likeness (QED) is 0.655. The number of rotatable bonds is 4. The van der Waals surface area contributed by atoms with E-state index in [1.165, 1.54) is 18.2 Å². The maximum Gasteiger partial charge on any atom is 0.416 e. The first kappa shape index (κ1) is 17.5. The highest BCUT2D eigenvalue weighted by atomic mass is 19.4. The molecule has 0 atom stereocenters. The highest BCUT2D eigenvalue weighted by Gasteiger charge is 2.30. The Morgan fingerprint density at radius 2 is 1.92 bits per heavy atom. The van der Waals surface area contributed by atoms with Gasteiger partial charge in [-0.15, -0.1) is 0 Å². The lowest BCUT2D eigenvalue weighted by Crippen LogP contribution is -2.08. The zero-order valence-corrected chi connectivity index (χ0v) is 13.4. The van der Waals surface area contributed by atoms with Gasteiger partial charge in [0.1, 0.15) is 11.5 Å². The van der Waals surface area contributed by atoms with Crippen molar-refractivity contribution >= 4 is 22.5 Å². The van der Waals surface area contributed by atoms with Crippen LogP contribution in [0.3, 0.4) is 0 Å². The summed E-state index contributed by atoms with van der Waals surface area (Å²) in [4.78, 5) is 15.8. The van der Waals surface area contributed by atoms with E-state index in [4.69, 9.17) is 4.74 Å². The Labute approximate surface area is 146 Å². The summed E-state index contributed by atoms with van der Waals surface area (Å²) in [5.74, 6) is -0.155. The second-order valence-corrected chi connectivity index (χ2v) is 5.36. The van der Waals surface area contributed by atoms with Crippen molar-refractivity contribution in [1.82, 2.24) is 4.98 Å². The molecule has 1 aromatic heterocycles. The molecule has 2 aromatic carbocycles. The Bertz CT molecular complexity index is 984. The molecule has 0 aliphatic carbocycles. The number of carbonyl (C=O) groups excluding carboxylic acids is 1. The number of aromatic nitrogens is 1. The van der Waals surface area contributed by atoms with Crippen LogP contribution in [0.25, 0.3) is 10.9 Å². The average molecular weight is 358 g/mol.